The molecule has 0 saturated carbocycles. The lowest BCUT2D eigenvalue weighted by Crippen LogP contribution is -2.23. The molecule has 2 rings (SSSR count). The highest BCUT2D eigenvalue weighted by molar-refractivity contribution is 5.76. The minimum absolute atomic E-state index is 0.0667. The van der Waals surface area contributed by atoms with Crippen LogP contribution in [0.2, 0.25) is 0 Å². The number of carbonyl (C=O) groups excluding carboxylic acids is 1. The average Bonchev–Trinajstić information content (AvgIpc) is 2.51. The first-order chi connectivity index (χ1) is 10.2. The first-order valence-electron chi connectivity index (χ1n) is 7.36. The van der Waals surface area contributed by atoms with Crippen LogP contribution in [0, 0.1) is 0 Å². The molecule has 1 amide bonds. The molecule has 0 atom stereocenters. The molecule has 21 heavy (non-hydrogen) atoms. The molecule has 3 N–H and O–H groups in total. The Morgan fingerprint density at radius 1 is 1.05 bits per heavy atom. The van der Waals surface area contributed by atoms with E-state index in [1.807, 2.05) is 24.3 Å². The minimum atomic E-state index is 0.0667. The van der Waals surface area contributed by atoms with E-state index in [-0.39, 0.29) is 5.91 Å². The average molecular weight is 282 g/mol. The van der Waals surface area contributed by atoms with Gasteiger partial charge in [-0.25, -0.2) is 0 Å². The Balaban J connectivity index is 1.76. The molecule has 0 unspecified atom stereocenters. The number of carbonyl (C=O) groups is 1. The van der Waals surface area contributed by atoms with E-state index in [0.717, 1.165) is 23.2 Å². The fraction of sp³-hybridized carbons (Fsp3) is 0.278. The molecule has 0 fully saturated rings. The van der Waals surface area contributed by atoms with Crippen molar-refractivity contribution in [1.82, 2.24) is 5.32 Å². The van der Waals surface area contributed by atoms with Gasteiger partial charge in [-0.3, -0.25) is 4.79 Å². The number of aryl methyl sites for hydroxylation is 2. The summed E-state index contributed by atoms with van der Waals surface area (Å²) in [5.41, 5.74) is 10.00. The smallest absolute Gasteiger partial charge is 0.220 e. The first-order valence-corrected chi connectivity index (χ1v) is 7.36. The Bertz CT molecular complexity index is 590. The summed E-state index contributed by atoms with van der Waals surface area (Å²) in [7, 11) is 0. The summed E-state index contributed by atoms with van der Waals surface area (Å²) in [5, 5.41) is 2.95. The van der Waals surface area contributed by atoms with Crippen molar-refractivity contribution in [2.24, 2.45) is 0 Å². The summed E-state index contributed by atoms with van der Waals surface area (Å²) in [6, 6.07) is 16.0. The largest absolute Gasteiger partial charge is 0.399 e. The number of benzene rings is 2. The van der Waals surface area contributed by atoms with Gasteiger partial charge in [-0.05, 0) is 41.7 Å². The quantitative estimate of drug-likeness (QED) is 0.800. The summed E-state index contributed by atoms with van der Waals surface area (Å²) < 4.78 is 0. The van der Waals surface area contributed by atoms with Crippen molar-refractivity contribution in [2.75, 3.05) is 5.73 Å². The number of rotatable bonds is 6. The zero-order valence-corrected chi connectivity index (χ0v) is 12.4. The molecule has 2 aromatic rings. The highest BCUT2D eigenvalue weighted by Gasteiger charge is 2.03. The van der Waals surface area contributed by atoms with Crippen LogP contribution in [0.3, 0.4) is 0 Å². The third-order valence-electron chi connectivity index (χ3n) is 3.51. The van der Waals surface area contributed by atoms with Crippen LogP contribution >= 0.6 is 0 Å². The summed E-state index contributed by atoms with van der Waals surface area (Å²) >= 11 is 0. The molecule has 110 valence electrons. The normalized spacial score (nSPS) is 10.3. The van der Waals surface area contributed by atoms with Gasteiger partial charge in [0.15, 0.2) is 0 Å². The van der Waals surface area contributed by atoms with Crippen molar-refractivity contribution in [2.45, 2.75) is 32.7 Å². The zero-order chi connectivity index (χ0) is 15.1. The standard InChI is InChI=1S/C18H22N2O/c1-2-14-6-8-16(9-7-14)13-20-18(21)11-10-15-4-3-5-17(19)12-15/h3-9,12H,2,10-11,13,19H2,1H3,(H,20,21). The highest BCUT2D eigenvalue weighted by atomic mass is 16.1. The third-order valence-corrected chi connectivity index (χ3v) is 3.51. The second-order valence-corrected chi connectivity index (χ2v) is 5.19. The van der Waals surface area contributed by atoms with Crippen LogP contribution in [-0.4, -0.2) is 5.91 Å². The zero-order valence-electron chi connectivity index (χ0n) is 12.4. The lowest BCUT2D eigenvalue weighted by Gasteiger charge is -2.07. The lowest BCUT2D eigenvalue weighted by atomic mass is 10.1. The SMILES string of the molecule is CCc1ccc(CNC(=O)CCc2cccc(N)c2)cc1. The van der Waals surface area contributed by atoms with Gasteiger partial charge in [0.2, 0.25) is 5.91 Å². The van der Waals surface area contributed by atoms with E-state index in [1.54, 1.807) is 0 Å². The van der Waals surface area contributed by atoms with Crippen LogP contribution in [0.1, 0.15) is 30.0 Å². The molecule has 0 aliphatic heterocycles. The number of nitrogen functional groups attached to an aromatic ring is 1. The van der Waals surface area contributed by atoms with Crippen LogP contribution in [0.25, 0.3) is 0 Å². The summed E-state index contributed by atoms with van der Waals surface area (Å²) in [5.74, 6) is 0.0667. The molecular formula is C18H22N2O. The third kappa shape index (κ3) is 4.95. The molecule has 3 heteroatoms. The second kappa shape index (κ2) is 7.48. The Labute approximate surface area is 126 Å². The lowest BCUT2D eigenvalue weighted by molar-refractivity contribution is -0.121. The molecule has 0 aliphatic rings. The van der Waals surface area contributed by atoms with Crippen molar-refractivity contribution in [3.05, 3.63) is 65.2 Å². The predicted octanol–water partition coefficient (Wildman–Crippen LogP) is 3.08. The first kappa shape index (κ1) is 15.1. The Hall–Kier alpha value is -2.29. The van der Waals surface area contributed by atoms with E-state index in [2.05, 4.69) is 36.5 Å². The number of anilines is 1. The molecule has 0 spiro atoms. The maximum absolute atomic E-state index is 11.9. The summed E-state index contributed by atoms with van der Waals surface area (Å²) in [6.45, 7) is 2.72. The Kier molecular flexibility index (Phi) is 5.38. The van der Waals surface area contributed by atoms with Gasteiger partial charge in [-0.15, -0.1) is 0 Å². The molecule has 2 aromatic carbocycles. The van der Waals surface area contributed by atoms with E-state index in [1.165, 1.54) is 5.56 Å². The molecular weight excluding hydrogens is 260 g/mol. The molecule has 0 heterocycles. The van der Waals surface area contributed by atoms with E-state index in [0.29, 0.717) is 19.4 Å². The fourth-order valence-corrected chi connectivity index (χ4v) is 2.19. The van der Waals surface area contributed by atoms with Crippen LogP contribution in [-0.2, 0) is 24.2 Å². The second-order valence-electron chi connectivity index (χ2n) is 5.19. The number of hydrogen-bond acceptors (Lipinski definition) is 2. The van der Waals surface area contributed by atoms with Gasteiger partial charge < -0.3 is 11.1 Å². The van der Waals surface area contributed by atoms with E-state index < -0.39 is 0 Å². The predicted molar refractivity (Wildman–Crippen MR) is 86.8 cm³/mol. The van der Waals surface area contributed by atoms with E-state index in [4.69, 9.17) is 5.73 Å². The van der Waals surface area contributed by atoms with Gasteiger partial charge in [-0.1, -0.05) is 43.3 Å². The Morgan fingerprint density at radius 3 is 2.43 bits per heavy atom. The van der Waals surface area contributed by atoms with Crippen molar-refractivity contribution < 1.29 is 4.79 Å². The fourth-order valence-electron chi connectivity index (χ4n) is 2.19. The van der Waals surface area contributed by atoms with Crippen LogP contribution < -0.4 is 11.1 Å². The van der Waals surface area contributed by atoms with Gasteiger partial charge in [0, 0.05) is 18.7 Å². The molecule has 0 saturated heterocycles. The number of nitrogens with one attached hydrogen (secondary N) is 1. The van der Waals surface area contributed by atoms with Gasteiger partial charge in [0.25, 0.3) is 0 Å². The molecule has 0 bridgehead atoms. The monoisotopic (exact) mass is 282 g/mol. The number of nitrogens with two attached hydrogens (primary N) is 1. The van der Waals surface area contributed by atoms with Gasteiger partial charge in [0.1, 0.15) is 0 Å². The topological polar surface area (TPSA) is 55.1 Å². The van der Waals surface area contributed by atoms with E-state index >= 15 is 0 Å². The van der Waals surface area contributed by atoms with Gasteiger partial charge in [0.05, 0.1) is 0 Å². The number of amides is 1. The van der Waals surface area contributed by atoms with E-state index in [9.17, 15) is 4.79 Å². The molecule has 3 nitrogen and oxygen atoms in total. The van der Waals surface area contributed by atoms with Crippen LogP contribution in [0.15, 0.2) is 48.5 Å². The summed E-state index contributed by atoms with van der Waals surface area (Å²) in [4.78, 5) is 11.9. The maximum Gasteiger partial charge on any atom is 0.220 e. The van der Waals surface area contributed by atoms with Gasteiger partial charge in [-0.2, -0.15) is 0 Å². The van der Waals surface area contributed by atoms with Gasteiger partial charge >= 0.3 is 0 Å². The molecule has 0 aliphatic carbocycles. The van der Waals surface area contributed by atoms with Crippen LogP contribution in [0.5, 0.6) is 0 Å². The molecule has 0 radical (unpaired) electrons. The minimum Gasteiger partial charge on any atom is -0.399 e. The number of hydrogen-bond donors (Lipinski definition) is 2. The van der Waals surface area contributed by atoms with Crippen molar-refractivity contribution in [3.8, 4) is 0 Å². The van der Waals surface area contributed by atoms with Crippen molar-refractivity contribution in [3.63, 3.8) is 0 Å². The Morgan fingerprint density at radius 2 is 1.76 bits per heavy atom. The summed E-state index contributed by atoms with van der Waals surface area (Å²) in [6.07, 6.45) is 2.23. The molecule has 0 aromatic heterocycles. The maximum atomic E-state index is 11.9. The van der Waals surface area contributed by atoms with Crippen molar-refractivity contribution in [1.29, 1.82) is 0 Å². The highest BCUT2D eigenvalue weighted by Crippen LogP contribution is 2.09. The van der Waals surface area contributed by atoms with Crippen LogP contribution in [0.4, 0.5) is 5.69 Å². The van der Waals surface area contributed by atoms with Crippen molar-refractivity contribution >= 4 is 11.6 Å².